The van der Waals surface area contributed by atoms with Gasteiger partial charge in [-0.2, -0.15) is 0 Å². The molecule has 1 aromatic carbocycles. The maximum Gasteiger partial charge on any atom is 0.243 e. The summed E-state index contributed by atoms with van der Waals surface area (Å²) in [5.74, 6) is -1.10. The first-order valence-electron chi connectivity index (χ1n) is 6.60. The number of halogens is 1. The number of nitrogens with two attached hydrogens (primary N) is 1. The van der Waals surface area contributed by atoms with Crippen molar-refractivity contribution < 1.29 is 17.6 Å². The molecule has 0 aliphatic heterocycles. The largest absolute Gasteiger partial charge is 0.399 e. The van der Waals surface area contributed by atoms with Crippen molar-refractivity contribution in [3.63, 3.8) is 0 Å². The maximum atomic E-state index is 13.9. The summed E-state index contributed by atoms with van der Waals surface area (Å²) in [5.41, 5.74) is 5.84. The number of amides is 1. The van der Waals surface area contributed by atoms with Crippen LogP contribution in [0, 0.1) is 12.7 Å². The SMILES string of the molecule is CCCNC(=O)CCNS(=O)(=O)c1cc(N)cc(C)c1F. The van der Waals surface area contributed by atoms with Crippen LogP contribution >= 0.6 is 0 Å². The van der Waals surface area contributed by atoms with Gasteiger partial charge in [0.15, 0.2) is 0 Å². The van der Waals surface area contributed by atoms with Gasteiger partial charge in [0.2, 0.25) is 15.9 Å². The number of carbonyl (C=O) groups excluding carboxylic acids is 1. The van der Waals surface area contributed by atoms with Crippen molar-refractivity contribution in [2.75, 3.05) is 18.8 Å². The van der Waals surface area contributed by atoms with Gasteiger partial charge in [-0.25, -0.2) is 17.5 Å². The van der Waals surface area contributed by atoms with Gasteiger partial charge in [0.1, 0.15) is 10.7 Å². The predicted octanol–water partition coefficient (Wildman–Crippen LogP) is 0.911. The molecule has 0 saturated carbocycles. The number of anilines is 1. The van der Waals surface area contributed by atoms with Gasteiger partial charge in [-0.1, -0.05) is 6.92 Å². The number of aryl methyl sites for hydroxylation is 1. The van der Waals surface area contributed by atoms with Crippen LogP contribution in [0.1, 0.15) is 25.3 Å². The van der Waals surface area contributed by atoms with Gasteiger partial charge in [0.25, 0.3) is 0 Å². The number of hydrogen-bond acceptors (Lipinski definition) is 4. The van der Waals surface area contributed by atoms with Crippen LogP contribution in [0.5, 0.6) is 0 Å². The van der Waals surface area contributed by atoms with Crippen molar-refractivity contribution in [2.45, 2.75) is 31.6 Å². The van der Waals surface area contributed by atoms with E-state index in [1.807, 2.05) is 6.92 Å². The molecule has 0 aliphatic carbocycles. The fourth-order valence-corrected chi connectivity index (χ4v) is 2.90. The Morgan fingerprint density at radius 2 is 2.00 bits per heavy atom. The molecule has 4 N–H and O–H groups in total. The number of sulfonamides is 1. The normalized spacial score (nSPS) is 11.4. The average Bonchev–Trinajstić information content (AvgIpc) is 2.40. The maximum absolute atomic E-state index is 13.9. The standard InChI is InChI=1S/C13H20FN3O3S/c1-3-5-16-12(18)4-6-17-21(19,20)11-8-10(15)7-9(2)13(11)14/h7-8,17H,3-6,15H2,1-2H3,(H,16,18). The highest BCUT2D eigenvalue weighted by Gasteiger charge is 2.21. The molecule has 0 radical (unpaired) electrons. The summed E-state index contributed by atoms with van der Waals surface area (Å²) >= 11 is 0. The van der Waals surface area contributed by atoms with Gasteiger partial charge < -0.3 is 11.1 Å². The Bertz CT molecular complexity index is 617. The topological polar surface area (TPSA) is 101 Å². The van der Waals surface area contributed by atoms with E-state index in [-0.39, 0.29) is 30.1 Å². The fourth-order valence-electron chi connectivity index (χ4n) is 1.69. The number of nitrogens with one attached hydrogen (secondary N) is 2. The Kier molecular flexibility index (Phi) is 6.10. The molecule has 0 spiro atoms. The van der Waals surface area contributed by atoms with E-state index in [4.69, 9.17) is 5.73 Å². The second kappa shape index (κ2) is 7.37. The summed E-state index contributed by atoms with van der Waals surface area (Å²) in [7, 11) is -4.04. The van der Waals surface area contributed by atoms with Crippen molar-refractivity contribution in [2.24, 2.45) is 0 Å². The van der Waals surface area contributed by atoms with Crippen molar-refractivity contribution in [1.82, 2.24) is 10.0 Å². The molecule has 21 heavy (non-hydrogen) atoms. The molecule has 0 bridgehead atoms. The Balaban J connectivity index is 2.73. The van der Waals surface area contributed by atoms with Gasteiger partial charge in [-0.05, 0) is 31.0 Å². The van der Waals surface area contributed by atoms with E-state index < -0.39 is 20.7 Å². The summed E-state index contributed by atoms with van der Waals surface area (Å²) in [5, 5.41) is 2.62. The predicted molar refractivity (Wildman–Crippen MR) is 78.7 cm³/mol. The lowest BCUT2D eigenvalue weighted by molar-refractivity contribution is -0.120. The molecular formula is C13H20FN3O3S. The fraction of sp³-hybridized carbons (Fsp3) is 0.462. The number of benzene rings is 1. The van der Waals surface area contributed by atoms with E-state index in [0.717, 1.165) is 12.5 Å². The zero-order chi connectivity index (χ0) is 16.0. The number of hydrogen-bond donors (Lipinski definition) is 3. The van der Waals surface area contributed by atoms with E-state index in [9.17, 15) is 17.6 Å². The molecule has 0 unspecified atom stereocenters. The van der Waals surface area contributed by atoms with Gasteiger partial charge in [0, 0.05) is 25.2 Å². The Labute approximate surface area is 124 Å². The van der Waals surface area contributed by atoms with Gasteiger partial charge >= 0.3 is 0 Å². The lowest BCUT2D eigenvalue weighted by Crippen LogP contribution is -2.31. The van der Waals surface area contributed by atoms with Gasteiger partial charge in [-0.3, -0.25) is 4.79 Å². The Morgan fingerprint density at radius 3 is 2.62 bits per heavy atom. The highest BCUT2D eigenvalue weighted by molar-refractivity contribution is 7.89. The molecule has 6 nitrogen and oxygen atoms in total. The molecular weight excluding hydrogens is 297 g/mol. The minimum absolute atomic E-state index is 0.0118. The molecule has 0 fully saturated rings. The molecule has 8 heteroatoms. The van der Waals surface area contributed by atoms with Crippen molar-refractivity contribution >= 4 is 21.6 Å². The van der Waals surface area contributed by atoms with Crippen molar-refractivity contribution in [1.29, 1.82) is 0 Å². The highest BCUT2D eigenvalue weighted by atomic mass is 32.2. The molecule has 118 valence electrons. The molecule has 0 heterocycles. The monoisotopic (exact) mass is 317 g/mol. The van der Waals surface area contributed by atoms with E-state index in [2.05, 4.69) is 10.0 Å². The second-order valence-corrected chi connectivity index (χ2v) is 6.38. The van der Waals surface area contributed by atoms with Crippen LogP contribution < -0.4 is 15.8 Å². The first-order valence-corrected chi connectivity index (χ1v) is 8.08. The van der Waals surface area contributed by atoms with Crippen LogP contribution in [0.3, 0.4) is 0 Å². The lowest BCUT2D eigenvalue weighted by Gasteiger charge is -2.10. The van der Waals surface area contributed by atoms with E-state index >= 15 is 0 Å². The summed E-state index contributed by atoms with van der Waals surface area (Å²) in [4.78, 5) is 10.9. The van der Waals surface area contributed by atoms with E-state index in [0.29, 0.717) is 6.54 Å². The third-order valence-corrected chi connectivity index (χ3v) is 4.21. The third kappa shape index (κ3) is 4.98. The van der Waals surface area contributed by atoms with E-state index in [1.165, 1.54) is 13.0 Å². The molecule has 1 rings (SSSR count). The van der Waals surface area contributed by atoms with Gasteiger partial charge in [-0.15, -0.1) is 0 Å². The summed E-state index contributed by atoms with van der Waals surface area (Å²) in [6.45, 7) is 3.77. The molecule has 0 aromatic heterocycles. The quantitative estimate of drug-likeness (QED) is 0.651. The minimum atomic E-state index is -4.04. The molecule has 0 aliphatic rings. The van der Waals surface area contributed by atoms with Crippen LogP contribution in [0.15, 0.2) is 17.0 Å². The van der Waals surface area contributed by atoms with Crippen molar-refractivity contribution in [3.8, 4) is 0 Å². The first kappa shape index (κ1) is 17.4. The Morgan fingerprint density at radius 1 is 1.33 bits per heavy atom. The number of carbonyl (C=O) groups is 1. The third-order valence-electron chi connectivity index (χ3n) is 2.75. The van der Waals surface area contributed by atoms with Crippen molar-refractivity contribution in [3.05, 3.63) is 23.5 Å². The molecule has 0 atom stereocenters. The van der Waals surface area contributed by atoms with Crippen LogP contribution in [0.4, 0.5) is 10.1 Å². The average molecular weight is 317 g/mol. The zero-order valence-corrected chi connectivity index (χ0v) is 12.9. The lowest BCUT2D eigenvalue weighted by atomic mass is 10.2. The summed E-state index contributed by atoms with van der Waals surface area (Å²) < 4.78 is 40.1. The van der Waals surface area contributed by atoms with Crippen LogP contribution in [-0.4, -0.2) is 27.4 Å². The van der Waals surface area contributed by atoms with Crippen LogP contribution in [-0.2, 0) is 14.8 Å². The van der Waals surface area contributed by atoms with E-state index in [1.54, 1.807) is 0 Å². The molecule has 1 aromatic rings. The smallest absolute Gasteiger partial charge is 0.243 e. The van der Waals surface area contributed by atoms with Gasteiger partial charge in [0.05, 0.1) is 0 Å². The molecule has 0 saturated heterocycles. The minimum Gasteiger partial charge on any atom is -0.399 e. The molecule has 1 amide bonds. The number of rotatable bonds is 7. The van der Waals surface area contributed by atoms with Crippen LogP contribution in [0.25, 0.3) is 0 Å². The highest BCUT2D eigenvalue weighted by Crippen LogP contribution is 2.21. The number of nitrogen functional groups attached to an aromatic ring is 1. The Hall–Kier alpha value is -1.67. The first-order chi connectivity index (χ1) is 9.77. The van der Waals surface area contributed by atoms with Crippen LogP contribution in [0.2, 0.25) is 0 Å². The summed E-state index contributed by atoms with van der Waals surface area (Å²) in [6, 6.07) is 2.41. The summed E-state index contributed by atoms with van der Waals surface area (Å²) in [6.07, 6.45) is 0.785. The zero-order valence-electron chi connectivity index (χ0n) is 12.1. The second-order valence-electron chi connectivity index (χ2n) is 4.65.